The molecule has 0 aromatic heterocycles. The molecular formula is C25H31N3O5S. The molecule has 0 N–H and O–H groups in total. The molecule has 1 saturated heterocycles. The first-order chi connectivity index (χ1) is 16.3. The number of sulfonamides is 1. The van der Waals surface area contributed by atoms with Crippen LogP contribution in [0.4, 0.5) is 5.69 Å². The Morgan fingerprint density at radius 2 is 1.76 bits per heavy atom. The topological polar surface area (TPSA) is 101 Å². The van der Waals surface area contributed by atoms with Gasteiger partial charge < -0.3 is 4.90 Å². The number of carbonyl (C=O) groups excluding carboxylic acids is 1. The first-order valence-corrected chi connectivity index (χ1v) is 13.3. The van der Waals surface area contributed by atoms with Gasteiger partial charge in [-0.05, 0) is 49.7 Å². The Bertz CT molecular complexity index is 1140. The van der Waals surface area contributed by atoms with Gasteiger partial charge in [-0.1, -0.05) is 42.8 Å². The van der Waals surface area contributed by atoms with Crippen molar-refractivity contribution in [1.82, 2.24) is 9.21 Å². The summed E-state index contributed by atoms with van der Waals surface area (Å²) in [6, 6.07) is 13.9. The van der Waals surface area contributed by atoms with Gasteiger partial charge in [0.15, 0.2) is 0 Å². The van der Waals surface area contributed by atoms with Crippen LogP contribution >= 0.6 is 0 Å². The molecule has 1 aliphatic carbocycles. The summed E-state index contributed by atoms with van der Waals surface area (Å²) in [5.74, 6) is 0.422. The number of hydrogen-bond acceptors (Lipinski definition) is 5. The second-order valence-corrected chi connectivity index (χ2v) is 11.3. The van der Waals surface area contributed by atoms with Gasteiger partial charge in [0.05, 0.1) is 9.82 Å². The maximum atomic E-state index is 13.5. The van der Waals surface area contributed by atoms with Crippen LogP contribution in [-0.2, 0) is 21.4 Å². The number of nitrogens with zero attached hydrogens (tertiary/aromatic N) is 3. The number of hydrogen-bond donors (Lipinski definition) is 0. The van der Waals surface area contributed by atoms with Crippen molar-refractivity contribution in [1.29, 1.82) is 0 Å². The van der Waals surface area contributed by atoms with E-state index in [1.165, 1.54) is 22.9 Å². The van der Waals surface area contributed by atoms with Gasteiger partial charge in [-0.15, -0.1) is 0 Å². The number of nitro groups is 1. The normalized spacial score (nSPS) is 17.8. The van der Waals surface area contributed by atoms with E-state index in [1.54, 1.807) is 6.92 Å². The molecule has 34 heavy (non-hydrogen) atoms. The van der Waals surface area contributed by atoms with Gasteiger partial charge in [0, 0.05) is 44.2 Å². The Kier molecular flexibility index (Phi) is 7.33. The van der Waals surface area contributed by atoms with Crippen LogP contribution in [0, 0.1) is 28.9 Å². The zero-order chi connectivity index (χ0) is 24.3. The number of nitro benzene ring substituents is 1. The highest BCUT2D eigenvalue weighted by Gasteiger charge is 2.36. The Balaban J connectivity index is 1.44. The van der Waals surface area contributed by atoms with Crippen LogP contribution in [0.1, 0.15) is 43.2 Å². The maximum absolute atomic E-state index is 13.5. The van der Waals surface area contributed by atoms with Crippen LogP contribution in [0.3, 0.4) is 0 Å². The number of rotatable bonds is 8. The minimum absolute atomic E-state index is 0.0397. The number of amides is 1. The van der Waals surface area contributed by atoms with E-state index in [1.807, 2.05) is 35.2 Å². The van der Waals surface area contributed by atoms with E-state index in [4.69, 9.17) is 0 Å². The molecule has 0 atom stereocenters. The predicted octanol–water partition coefficient (Wildman–Crippen LogP) is 4.13. The zero-order valence-corrected chi connectivity index (χ0v) is 20.2. The lowest BCUT2D eigenvalue weighted by Crippen LogP contribution is -2.45. The number of aryl methyl sites for hydroxylation is 1. The molecule has 1 aliphatic heterocycles. The molecule has 8 nitrogen and oxygen atoms in total. The molecule has 0 bridgehead atoms. The summed E-state index contributed by atoms with van der Waals surface area (Å²) in [5.41, 5.74) is 1.32. The van der Waals surface area contributed by atoms with Crippen molar-refractivity contribution in [2.75, 3.05) is 19.6 Å². The molecule has 1 saturated carbocycles. The fourth-order valence-corrected chi connectivity index (χ4v) is 6.46. The van der Waals surface area contributed by atoms with Crippen LogP contribution in [0.2, 0.25) is 0 Å². The van der Waals surface area contributed by atoms with Gasteiger partial charge in [0.1, 0.15) is 0 Å². The van der Waals surface area contributed by atoms with Crippen LogP contribution < -0.4 is 0 Å². The lowest BCUT2D eigenvalue weighted by Gasteiger charge is -2.37. The summed E-state index contributed by atoms with van der Waals surface area (Å²) >= 11 is 0. The Morgan fingerprint density at radius 3 is 2.35 bits per heavy atom. The minimum Gasteiger partial charge on any atom is -0.338 e. The van der Waals surface area contributed by atoms with E-state index >= 15 is 0 Å². The first kappa shape index (κ1) is 24.3. The van der Waals surface area contributed by atoms with Crippen molar-refractivity contribution in [3.8, 4) is 0 Å². The fraction of sp³-hybridized carbons (Fsp3) is 0.480. The summed E-state index contributed by atoms with van der Waals surface area (Å²) < 4.78 is 27.8. The van der Waals surface area contributed by atoms with E-state index in [2.05, 4.69) is 0 Å². The van der Waals surface area contributed by atoms with Crippen molar-refractivity contribution < 1.29 is 18.1 Å². The van der Waals surface area contributed by atoms with Crippen LogP contribution in [0.25, 0.3) is 0 Å². The Morgan fingerprint density at radius 1 is 1.09 bits per heavy atom. The summed E-state index contributed by atoms with van der Waals surface area (Å²) in [6.07, 6.45) is 4.41. The van der Waals surface area contributed by atoms with Crippen molar-refractivity contribution in [3.05, 3.63) is 69.8 Å². The SMILES string of the molecule is Cc1ccc([N+](=O)[O-])cc1S(=O)(=O)N1CCC(C(=O)N(Cc2ccccc2)CC2CCC2)CC1. The first-order valence-electron chi connectivity index (χ1n) is 11.8. The van der Waals surface area contributed by atoms with E-state index < -0.39 is 14.9 Å². The molecule has 2 fully saturated rings. The number of non-ortho nitro benzene ring substituents is 1. The Hall–Kier alpha value is -2.78. The average Bonchev–Trinajstić information content (AvgIpc) is 2.81. The van der Waals surface area contributed by atoms with Gasteiger partial charge in [-0.2, -0.15) is 4.31 Å². The van der Waals surface area contributed by atoms with Gasteiger partial charge in [0.2, 0.25) is 15.9 Å². The van der Waals surface area contributed by atoms with Crippen molar-refractivity contribution in [2.45, 2.75) is 50.5 Å². The lowest BCUT2D eigenvalue weighted by atomic mass is 9.84. The van der Waals surface area contributed by atoms with Crippen LogP contribution in [0.15, 0.2) is 53.4 Å². The number of carbonyl (C=O) groups is 1. The molecule has 0 spiro atoms. The second kappa shape index (κ2) is 10.2. The average molecular weight is 486 g/mol. The predicted molar refractivity (Wildman–Crippen MR) is 129 cm³/mol. The molecule has 1 amide bonds. The molecule has 2 aromatic rings. The quantitative estimate of drug-likeness (QED) is 0.413. The monoisotopic (exact) mass is 485 g/mol. The highest BCUT2D eigenvalue weighted by Crippen LogP contribution is 2.31. The highest BCUT2D eigenvalue weighted by atomic mass is 32.2. The highest BCUT2D eigenvalue weighted by molar-refractivity contribution is 7.89. The second-order valence-electron chi connectivity index (χ2n) is 9.39. The van der Waals surface area contributed by atoms with Crippen LogP contribution in [-0.4, -0.2) is 48.1 Å². The van der Waals surface area contributed by atoms with E-state index in [-0.39, 0.29) is 35.5 Å². The molecule has 182 valence electrons. The fourth-order valence-electron chi connectivity index (χ4n) is 4.74. The van der Waals surface area contributed by atoms with E-state index in [0.29, 0.717) is 30.9 Å². The third-order valence-electron chi connectivity index (χ3n) is 7.03. The summed E-state index contributed by atoms with van der Waals surface area (Å²) in [4.78, 5) is 25.9. The van der Waals surface area contributed by atoms with Crippen LogP contribution in [0.5, 0.6) is 0 Å². The molecule has 9 heteroatoms. The molecule has 0 unspecified atom stereocenters. The van der Waals surface area contributed by atoms with E-state index in [9.17, 15) is 23.3 Å². The molecule has 1 heterocycles. The third-order valence-corrected chi connectivity index (χ3v) is 9.08. The Labute approximate surface area is 200 Å². The van der Waals surface area contributed by atoms with E-state index in [0.717, 1.165) is 31.0 Å². The number of benzene rings is 2. The standard InChI is InChI=1S/C25H31N3O5S/c1-19-10-11-23(28(30)31)16-24(19)34(32,33)27-14-12-22(13-15-27)25(29)26(18-21-8-5-9-21)17-20-6-3-2-4-7-20/h2-4,6-7,10-11,16,21-22H,5,8-9,12-15,17-18H2,1H3. The minimum atomic E-state index is -3.88. The molecule has 2 aromatic carbocycles. The van der Waals surface area contributed by atoms with Crippen molar-refractivity contribution in [3.63, 3.8) is 0 Å². The van der Waals surface area contributed by atoms with Crippen molar-refractivity contribution in [2.24, 2.45) is 11.8 Å². The molecule has 0 radical (unpaired) electrons. The summed E-state index contributed by atoms with van der Waals surface area (Å²) in [6.45, 7) is 3.41. The largest absolute Gasteiger partial charge is 0.338 e. The van der Waals surface area contributed by atoms with Gasteiger partial charge in [-0.3, -0.25) is 14.9 Å². The maximum Gasteiger partial charge on any atom is 0.270 e. The summed E-state index contributed by atoms with van der Waals surface area (Å²) in [7, 11) is -3.88. The molecule has 2 aliphatic rings. The van der Waals surface area contributed by atoms with Gasteiger partial charge >= 0.3 is 0 Å². The summed E-state index contributed by atoms with van der Waals surface area (Å²) in [5, 5.41) is 11.1. The van der Waals surface area contributed by atoms with Gasteiger partial charge in [-0.25, -0.2) is 8.42 Å². The smallest absolute Gasteiger partial charge is 0.270 e. The molecule has 4 rings (SSSR count). The zero-order valence-electron chi connectivity index (χ0n) is 19.4. The molecular weight excluding hydrogens is 454 g/mol. The number of piperidine rings is 1. The van der Waals surface area contributed by atoms with Crippen molar-refractivity contribution >= 4 is 21.6 Å². The lowest BCUT2D eigenvalue weighted by molar-refractivity contribution is -0.385. The third kappa shape index (κ3) is 5.31. The van der Waals surface area contributed by atoms with Gasteiger partial charge in [0.25, 0.3) is 5.69 Å².